The van der Waals surface area contributed by atoms with Gasteiger partial charge in [-0.05, 0) is 35.2 Å². The highest BCUT2D eigenvalue weighted by molar-refractivity contribution is 5.81. The van der Waals surface area contributed by atoms with Crippen molar-refractivity contribution in [3.8, 4) is 11.1 Å². The monoisotopic (exact) mass is 334 g/mol. The fourth-order valence-corrected chi connectivity index (χ4v) is 2.80. The summed E-state index contributed by atoms with van der Waals surface area (Å²) in [6.45, 7) is 0.423. The molecule has 1 amide bonds. The Kier molecular flexibility index (Phi) is 5.31. The molecule has 0 aliphatic rings. The number of likely N-dealkylation sites (N-methyl/N-ethyl adjacent to an activating group) is 1. The zero-order valence-electron chi connectivity index (χ0n) is 14.3. The van der Waals surface area contributed by atoms with Gasteiger partial charge >= 0.3 is 0 Å². The zero-order valence-corrected chi connectivity index (χ0v) is 14.3. The highest BCUT2D eigenvalue weighted by Crippen LogP contribution is 2.19. The molecule has 0 radical (unpaired) electrons. The first kappa shape index (κ1) is 17.0. The Labute approximate surface area is 147 Å². The number of amides is 1. The Morgan fingerprint density at radius 2 is 1.68 bits per heavy atom. The van der Waals surface area contributed by atoms with E-state index in [1.165, 1.54) is 5.56 Å². The summed E-state index contributed by atoms with van der Waals surface area (Å²) in [7, 11) is 1.74. The number of hydrogen-bond acceptors (Lipinski definition) is 3. The number of hydrogen-bond donors (Lipinski definition) is 1. The van der Waals surface area contributed by atoms with Gasteiger partial charge in [0.25, 0.3) is 0 Å². The molecular formula is C21H22N2O2. The van der Waals surface area contributed by atoms with Crippen LogP contribution in [-0.4, -0.2) is 23.9 Å². The summed E-state index contributed by atoms with van der Waals surface area (Å²) < 4.78 is 5.27. The maximum absolute atomic E-state index is 12.4. The van der Waals surface area contributed by atoms with Crippen molar-refractivity contribution in [1.82, 2.24) is 4.90 Å². The molecule has 4 heteroatoms. The summed E-state index contributed by atoms with van der Waals surface area (Å²) in [4.78, 5) is 14.0. The van der Waals surface area contributed by atoms with Crippen LogP contribution in [0.4, 0.5) is 0 Å². The van der Waals surface area contributed by atoms with E-state index in [0.717, 1.165) is 16.9 Å². The lowest BCUT2D eigenvalue weighted by Gasteiger charge is -2.20. The first-order valence-electron chi connectivity index (χ1n) is 8.31. The predicted molar refractivity (Wildman–Crippen MR) is 98.7 cm³/mol. The van der Waals surface area contributed by atoms with Gasteiger partial charge in [0.1, 0.15) is 5.76 Å². The predicted octanol–water partition coefficient (Wildman–Crippen LogP) is 3.48. The largest absolute Gasteiger partial charge is 0.467 e. The van der Waals surface area contributed by atoms with Gasteiger partial charge < -0.3 is 15.1 Å². The van der Waals surface area contributed by atoms with Crippen LogP contribution in [0.2, 0.25) is 0 Å². The van der Waals surface area contributed by atoms with Gasteiger partial charge in [-0.25, -0.2) is 0 Å². The summed E-state index contributed by atoms with van der Waals surface area (Å²) in [5.41, 5.74) is 9.48. The van der Waals surface area contributed by atoms with Crippen molar-refractivity contribution >= 4 is 5.91 Å². The van der Waals surface area contributed by atoms with Crippen LogP contribution in [0.3, 0.4) is 0 Å². The topological polar surface area (TPSA) is 59.5 Å². The minimum Gasteiger partial charge on any atom is -0.467 e. The van der Waals surface area contributed by atoms with Crippen LogP contribution in [-0.2, 0) is 17.8 Å². The lowest BCUT2D eigenvalue weighted by atomic mass is 10.0. The minimum atomic E-state index is -0.567. The molecule has 3 aromatic rings. The van der Waals surface area contributed by atoms with Gasteiger partial charge in [0.15, 0.2) is 0 Å². The number of furan rings is 1. The van der Waals surface area contributed by atoms with Crippen molar-refractivity contribution < 1.29 is 9.21 Å². The second kappa shape index (κ2) is 7.81. The van der Waals surface area contributed by atoms with Gasteiger partial charge in [0.05, 0.1) is 18.8 Å². The normalized spacial score (nSPS) is 11.9. The molecule has 0 aliphatic heterocycles. The molecule has 1 heterocycles. The molecule has 2 N–H and O–H groups in total. The van der Waals surface area contributed by atoms with Crippen LogP contribution in [0.15, 0.2) is 77.4 Å². The van der Waals surface area contributed by atoms with Gasteiger partial charge in [-0.1, -0.05) is 54.6 Å². The molecule has 1 unspecified atom stereocenters. The molecule has 2 aromatic carbocycles. The third-order valence-electron chi connectivity index (χ3n) is 4.18. The van der Waals surface area contributed by atoms with E-state index in [0.29, 0.717) is 13.0 Å². The van der Waals surface area contributed by atoms with Crippen LogP contribution in [0, 0.1) is 0 Å². The molecule has 0 bridgehead atoms. The molecule has 25 heavy (non-hydrogen) atoms. The molecule has 1 aromatic heterocycles. The van der Waals surface area contributed by atoms with Gasteiger partial charge in [0.2, 0.25) is 5.91 Å². The number of rotatable bonds is 6. The van der Waals surface area contributed by atoms with Crippen molar-refractivity contribution in [3.63, 3.8) is 0 Å². The van der Waals surface area contributed by atoms with Gasteiger partial charge in [-0.2, -0.15) is 0 Å². The Balaban J connectivity index is 1.60. The first-order chi connectivity index (χ1) is 12.1. The summed E-state index contributed by atoms with van der Waals surface area (Å²) in [6.07, 6.45) is 2.11. The number of benzene rings is 2. The summed E-state index contributed by atoms with van der Waals surface area (Å²) in [6, 6.07) is 21.5. The van der Waals surface area contributed by atoms with E-state index < -0.39 is 6.04 Å². The van der Waals surface area contributed by atoms with Crippen molar-refractivity contribution in [3.05, 3.63) is 84.3 Å². The number of carbonyl (C=O) groups is 1. The molecule has 0 saturated carbocycles. The second-order valence-corrected chi connectivity index (χ2v) is 6.15. The zero-order chi connectivity index (χ0) is 17.6. The molecule has 0 fully saturated rings. The number of nitrogens with two attached hydrogens (primary N) is 1. The third kappa shape index (κ3) is 4.37. The Hall–Kier alpha value is -2.85. The maximum Gasteiger partial charge on any atom is 0.239 e. The molecule has 0 spiro atoms. The van der Waals surface area contributed by atoms with Crippen LogP contribution in [0.5, 0.6) is 0 Å². The molecular weight excluding hydrogens is 312 g/mol. The lowest BCUT2D eigenvalue weighted by molar-refractivity contribution is -0.132. The summed E-state index contributed by atoms with van der Waals surface area (Å²) in [5, 5.41) is 0. The highest BCUT2D eigenvalue weighted by Gasteiger charge is 2.19. The van der Waals surface area contributed by atoms with Crippen molar-refractivity contribution in [2.45, 2.75) is 19.0 Å². The Morgan fingerprint density at radius 1 is 1.00 bits per heavy atom. The second-order valence-electron chi connectivity index (χ2n) is 6.15. The lowest BCUT2D eigenvalue weighted by Crippen LogP contribution is -2.42. The van der Waals surface area contributed by atoms with E-state index in [9.17, 15) is 4.79 Å². The van der Waals surface area contributed by atoms with Crippen LogP contribution in [0.25, 0.3) is 11.1 Å². The molecule has 0 saturated heterocycles. The van der Waals surface area contributed by atoms with Crippen molar-refractivity contribution in [2.75, 3.05) is 7.05 Å². The molecule has 3 rings (SSSR count). The highest BCUT2D eigenvalue weighted by atomic mass is 16.3. The maximum atomic E-state index is 12.4. The third-order valence-corrected chi connectivity index (χ3v) is 4.18. The van der Waals surface area contributed by atoms with E-state index in [1.54, 1.807) is 18.2 Å². The molecule has 0 aliphatic carbocycles. The van der Waals surface area contributed by atoms with E-state index in [2.05, 4.69) is 24.3 Å². The van der Waals surface area contributed by atoms with Crippen molar-refractivity contribution in [2.24, 2.45) is 5.73 Å². The number of nitrogens with zero attached hydrogens (tertiary/aromatic N) is 1. The van der Waals surface area contributed by atoms with E-state index in [4.69, 9.17) is 10.2 Å². The minimum absolute atomic E-state index is 0.0939. The standard InChI is InChI=1S/C21H22N2O2/c1-23(15-19-8-5-13-25-19)21(24)20(22)14-16-9-11-18(12-10-16)17-6-3-2-4-7-17/h2-13,20H,14-15,22H2,1H3. The molecule has 128 valence electrons. The summed E-state index contributed by atoms with van der Waals surface area (Å²) in [5.74, 6) is 0.652. The average molecular weight is 334 g/mol. The molecule has 4 nitrogen and oxygen atoms in total. The van der Waals surface area contributed by atoms with E-state index in [-0.39, 0.29) is 5.91 Å². The Bertz CT molecular complexity index is 796. The van der Waals surface area contributed by atoms with Crippen LogP contribution in [0.1, 0.15) is 11.3 Å². The quantitative estimate of drug-likeness (QED) is 0.751. The Morgan fingerprint density at radius 3 is 2.32 bits per heavy atom. The van der Waals surface area contributed by atoms with Gasteiger partial charge in [-0.15, -0.1) is 0 Å². The average Bonchev–Trinajstić information content (AvgIpc) is 3.15. The van der Waals surface area contributed by atoms with E-state index in [1.807, 2.05) is 42.5 Å². The van der Waals surface area contributed by atoms with Gasteiger partial charge in [-0.3, -0.25) is 4.79 Å². The van der Waals surface area contributed by atoms with Crippen LogP contribution < -0.4 is 5.73 Å². The van der Waals surface area contributed by atoms with Crippen molar-refractivity contribution in [1.29, 1.82) is 0 Å². The van der Waals surface area contributed by atoms with Gasteiger partial charge in [0, 0.05) is 7.05 Å². The first-order valence-corrected chi connectivity index (χ1v) is 8.31. The molecule has 1 atom stereocenters. The van der Waals surface area contributed by atoms with E-state index >= 15 is 0 Å². The SMILES string of the molecule is CN(Cc1ccco1)C(=O)C(N)Cc1ccc(-c2ccccc2)cc1. The summed E-state index contributed by atoms with van der Waals surface area (Å²) >= 11 is 0. The number of carbonyl (C=O) groups excluding carboxylic acids is 1. The fourth-order valence-electron chi connectivity index (χ4n) is 2.80. The van der Waals surface area contributed by atoms with Crippen LogP contribution >= 0.6 is 0 Å². The smallest absolute Gasteiger partial charge is 0.239 e. The fraction of sp³-hybridized carbons (Fsp3) is 0.190.